The second kappa shape index (κ2) is 5.60. The molecule has 90 valence electrons. The minimum absolute atomic E-state index is 0.171. The molecule has 1 aromatic carbocycles. The van der Waals surface area contributed by atoms with Gasteiger partial charge >= 0.3 is 0 Å². The van der Waals surface area contributed by atoms with Gasteiger partial charge in [-0.25, -0.2) is 0 Å². The van der Waals surface area contributed by atoms with Gasteiger partial charge in [0.2, 0.25) is 0 Å². The first-order valence-electron chi connectivity index (χ1n) is 5.35. The number of nitro groups is 1. The minimum Gasteiger partial charge on any atom is -0.258 e. The van der Waals surface area contributed by atoms with Crippen LogP contribution in [0, 0.1) is 10.1 Å². The van der Waals surface area contributed by atoms with Crippen molar-refractivity contribution >= 4 is 35.3 Å². The van der Waals surface area contributed by atoms with Crippen molar-refractivity contribution in [2.45, 2.75) is 16.8 Å². The van der Waals surface area contributed by atoms with Gasteiger partial charge in [-0.15, -0.1) is 23.5 Å². The summed E-state index contributed by atoms with van der Waals surface area (Å²) in [6.45, 7) is 2.20. The third-order valence-electron chi connectivity index (χ3n) is 2.43. The fraction of sp³-hybridized carbons (Fsp3) is 0.333. The second-order valence-electron chi connectivity index (χ2n) is 3.82. The van der Waals surface area contributed by atoms with Gasteiger partial charge in [-0.2, -0.15) is 0 Å². The largest absolute Gasteiger partial charge is 0.276 e. The number of benzene rings is 1. The average Bonchev–Trinajstić information content (AvgIpc) is 2.73. The van der Waals surface area contributed by atoms with Crippen LogP contribution in [0.3, 0.4) is 0 Å². The molecule has 0 radical (unpaired) electrons. The van der Waals surface area contributed by atoms with Crippen LogP contribution in [-0.4, -0.2) is 20.5 Å². The van der Waals surface area contributed by atoms with E-state index in [1.54, 1.807) is 12.1 Å². The van der Waals surface area contributed by atoms with Crippen LogP contribution in [0.5, 0.6) is 0 Å². The van der Waals surface area contributed by atoms with Crippen molar-refractivity contribution in [1.29, 1.82) is 0 Å². The number of nitrogens with zero attached hydrogens (tertiary/aromatic N) is 1. The molecule has 17 heavy (non-hydrogen) atoms. The van der Waals surface area contributed by atoms with Gasteiger partial charge in [-0.3, -0.25) is 10.1 Å². The Bertz CT molecular complexity index is 448. The zero-order chi connectivity index (χ0) is 12.3. The van der Waals surface area contributed by atoms with E-state index in [2.05, 4.69) is 13.0 Å². The third-order valence-corrected chi connectivity index (χ3v) is 5.62. The van der Waals surface area contributed by atoms with Crippen LogP contribution < -0.4 is 0 Å². The summed E-state index contributed by atoms with van der Waals surface area (Å²) in [7, 11) is 0. The molecule has 2 atom stereocenters. The molecule has 0 saturated carbocycles. The molecule has 0 spiro atoms. The highest BCUT2D eigenvalue weighted by Gasteiger charge is 2.20. The van der Waals surface area contributed by atoms with Gasteiger partial charge < -0.3 is 0 Å². The molecular formula is C12H13NO2S2. The molecule has 1 aliphatic rings. The predicted molar refractivity (Wildman–Crippen MR) is 75.4 cm³/mol. The number of rotatable bonds is 3. The molecular weight excluding hydrogens is 254 g/mol. The molecule has 5 heteroatoms. The average molecular weight is 267 g/mol. The van der Waals surface area contributed by atoms with Gasteiger partial charge in [-0.1, -0.05) is 31.2 Å². The van der Waals surface area contributed by atoms with Gasteiger partial charge in [0.15, 0.2) is 0 Å². The summed E-state index contributed by atoms with van der Waals surface area (Å²) in [5, 5.41) is 11.5. The van der Waals surface area contributed by atoms with Crippen LogP contribution in [0.25, 0.3) is 6.08 Å². The van der Waals surface area contributed by atoms with Crippen molar-refractivity contribution in [2.24, 2.45) is 0 Å². The quantitative estimate of drug-likeness (QED) is 0.617. The zero-order valence-electron chi connectivity index (χ0n) is 9.41. The summed E-state index contributed by atoms with van der Waals surface area (Å²) >= 11 is 3.80. The maximum absolute atomic E-state index is 10.8. The van der Waals surface area contributed by atoms with E-state index in [9.17, 15) is 10.1 Å². The van der Waals surface area contributed by atoms with E-state index in [0.29, 0.717) is 15.4 Å². The number of para-hydroxylation sites is 1. The minimum atomic E-state index is -0.336. The van der Waals surface area contributed by atoms with Gasteiger partial charge in [0.25, 0.3) is 5.69 Å². The molecule has 0 unspecified atom stereocenters. The van der Waals surface area contributed by atoms with E-state index >= 15 is 0 Å². The SMILES string of the molecule is C[C@H]1CS[C@H](C=Cc2ccccc2[N+](=O)[O-])S1. The normalized spacial score (nSPS) is 24.3. The molecule has 0 aromatic heterocycles. The third kappa shape index (κ3) is 3.26. The zero-order valence-corrected chi connectivity index (χ0v) is 11.0. The summed E-state index contributed by atoms with van der Waals surface area (Å²) in [5.74, 6) is 1.15. The van der Waals surface area contributed by atoms with E-state index in [4.69, 9.17) is 0 Å². The van der Waals surface area contributed by atoms with E-state index in [-0.39, 0.29) is 10.6 Å². The number of hydrogen-bond donors (Lipinski definition) is 0. The monoisotopic (exact) mass is 267 g/mol. The number of hydrogen-bond acceptors (Lipinski definition) is 4. The molecule has 0 N–H and O–H groups in total. The van der Waals surface area contributed by atoms with Crippen molar-refractivity contribution in [1.82, 2.24) is 0 Å². The summed E-state index contributed by atoms with van der Waals surface area (Å²) in [5.41, 5.74) is 0.850. The topological polar surface area (TPSA) is 43.1 Å². The van der Waals surface area contributed by atoms with Crippen molar-refractivity contribution in [3.8, 4) is 0 Å². The Kier molecular flexibility index (Phi) is 4.12. The Balaban J connectivity index is 2.13. The van der Waals surface area contributed by atoms with Gasteiger partial charge in [0.05, 0.1) is 15.1 Å². The lowest BCUT2D eigenvalue weighted by Gasteiger charge is -2.01. The number of thioether (sulfide) groups is 2. The standard InChI is InChI=1S/C12H13NO2S2/c1-9-8-16-12(17-9)7-6-10-4-2-3-5-11(10)13(14)15/h2-7,9,12H,8H2,1H3/t9-,12-/m0/s1. The second-order valence-corrected chi connectivity index (χ2v) is 6.88. The maximum Gasteiger partial charge on any atom is 0.276 e. The van der Waals surface area contributed by atoms with Crippen LogP contribution in [0.1, 0.15) is 12.5 Å². The summed E-state index contributed by atoms with van der Waals surface area (Å²) in [6, 6.07) is 6.83. The summed E-state index contributed by atoms with van der Waals surface area (Å²) in [6.07, 6.45) is 3.92. The molecule has 1 saturated heterocycles. The first-order valence-corrected chi connectivity index (χ1v) is 7.34. The molecule has 1 heterocycles. The lowest BCUT2D eigenvalue weighted by atomic mass is 10.2. The van der Waals surface area contributed by atoms with Crippen LogP contribution in [0.2, 0.25) is 0 Å². The predicted octanol–water partition coefficient (Wildman–Crippen LogP) is 3.80. The highest BCUT2D eigenvalue weighted by Crippen LogP contribution is 2.38. The van der Waals surface area contributed by atoms with Crippen LogP contribution >= 0.6 is 23.5 Å². The first kappa shape index (κ1) is 12.5. The van der Waals surface area contributed by atoms with E-state index in [1.165, 1.54) is 6.07 Å². The fourth-order valence-electron chi connectivity index (χ4n) is 1.62. The molecule has 1 aliphatic heterocycles. The first-order chi connectivity index (χ1) is 8.16. The molecule has 1 aromatic rings. The van der Waals surface area contributed by atoms with Gasteiger partial charge in [-0.05, 0) is 6.07 Å². The van der Waals surface area contributed by atoms with Gasteiger partial charge in [0, 0.05) is 17.1 Å². The van der Waals surface area contributed by atoms with E-state index in [0.717, 1.165) is 5.75 Å². The Morgan fingerprint density at radius 1 is 1.47 bits per heavy atom. The van der Waals surface area contributed by atoms with Crippen molar-refractivity contribution in [2.75, 3.05) is 5.75 Å². The van der Waals surface area contributed by atoms with Crippen LogP contribution in [0.4, 0.5) is 5.69 Å². The van der Waals surface area contributed by atoms with E-state index in [1.807, 2.05) is 35.7 Å². The number of nitro benzene ring substituents is 1. The lowest BCUT2D eigenvalue weighted by molar-refractivity contribution is -0.385. The Morgan fingerprint density at radius 2 is 2.24 bits per heavy atom. The fourth-order valence-corrected chi connectivity index (χ4v) is 4.56. The van der Waals surface area contributed by atoms with E-state index < -0.39 is 0 Å². The molecule has 0 bridgehead atoms. The summed E-state index contributed by atoms with van der Waals surface area (Å²) < 4.78 is 0.421. The smallest absolute Gasteiger partial charge is 0.258 e. The summed E-state index contributed by atoms with van der Waals surface area (Å²) in [4.78, 5) is 10.5. The van der Waals surface area contributed by atoms with Crippen molar-refractivity contribution in [3.63, 3.8) is 0 Å². The molecule has 2 rings (SSSR count). The molecule has 3 nitrogen and oxygen atoms in total. The Labute approximate surface area is 109 Å². The Morgan fingerprint density at radius 3 is 2.88 bits per heavy atom. The van der Waals surface area contributed by atoms with Gasteiger partial charge in [0.1, 0.15) is 0 Å². The lowest BCUT2D eigenvalue weighted by Crippen LogP contribution is -1.92. The maximum atomic E-state index is 10.8. The van der Waals surface area contributed by atoms with Crippen molar-refractivity contribution in [3.05, 3.63) is 46.0 Å². The highest BCUT2D eigenvalue weighted by atomic mass is 32.2. The molecule has 0 aliphatic carbocycles. The molecule has 1 fully saturated rings. The highest BCUT2D eigenvalue weighted by molar-refractivity contribution is 8.20. The Hall–Kier alpha value is -0.940. The van der Waals surface area contributed by atoms with Crippen LogP contribution in [0.15, 0.2) is 30.3 Å². The van der Waals surface area contributed by atoms with Crippen molar-refractivity contribution < 1.29 is 4.92 Å². The molecule has 0 amide bonds. The van der Waals surface area contributed by atoms with Crippen LogP contribution in [-0.2, 0) is 0 Å².